The standard InChI is InChI=1S/C14H17BrN2O3/c15-10-3-1-9(2-4-10)11-7-12(11)14(19)17-5-6-20-8-13(16)18/h1-4,11-12H,5-8H2,(H2,16,18)(H,17,19)/t11-,12-/m0/s1. The smallest absolute Gasteiger partial charge is 0.243 e. The molecule has 2 atom stereocenters. The lowest BCUT2D eigenvalue weighted by molar-refractivity contribution is -0.123. The molecule has 1 saturated carbocycles. The van der Waals surface area contributed by atoms with Crippen molar-refractivity contribution in [1.29, 1.82) is 0 Å². The van der Waals surface area contributed by atoms with E-state index in [4.69, 9.17) is 10.5 Å². The number of primary amides is 1. The number of carbonyl (C=O) groups is 2. The molecule has 5 nitrogen and oxygen atoms in total. The van der Waals surface area contributed by atoms with Crippen molar-refractivity contribution in [3.63, 3.8) is 0 Å². The van der Waals surface area contributed by atoms with Gasteiger partial charge in [-0.15, -0.1) is 0 Å². The van der Waals surface area contributed by atoms with Crippen LogP contribution in [0.15, 0.2) is 28.7 Å². The summed E-state index contributed by atoms with van der Waals surface area (Å²) in [6.45, 7) is 0.584. The summed E-state index contributed by atoms with van der Waals surface area (Å²) >= 11 is 3.39. The highest BCUT2D eigenvalue weighted by Gasteiger charge is 2.43. The van der Waals surface area contributed by atoms with Crippen LogP contribution in [0.25, 0.3) is 0 Å². The minimum Gasteiger partial charge on any atom is -0.370 e. The van der Waals surface area contributed by atoms with Crippen molar-refractivity contribution >= 4 is 27.7 Å². The Labute approximate surface area is 126 Å². The molecule has 0 heterocycles. The number of carbonyl (C=O) groups excluding carboxylic acids is 2. The number of hydrogen-bond acceptors (Lipinski definition) is 3. The van der Waals surface area contributed by atoms with Crippen LogP contribution >= 0.6 is 15.9 Å². The minimum absolute atomic E-state index is 0.0422. The van der Waals surface area contributed by atoms with E-state index in [1.807, 2.05) is 24.3 Å². The van der Waals surface area contributed by atoms with Gasteiger partial charge in [0.05, 0.1) is 6.61 Å². The van der Waals surface area contributed by atoms with Gasteiger partial charge in [0.2, 0.25) is 11.8 Å². The van der Waals surface area contributed by atoms with Gasteiger partial charge in [-0.2, -0.15) is 0 Å². The molecule has 20 heavy (non-hydrogen) atoms. The lowest BCUT2D eigenvalue weighted by Crippen LogP contribution is -2.30. The Balaban J connectivity index is 1.68. The molecule has 2 rings (SSSR count). The van der Waals surface area contributed by atoms with Gasteiger partial charge >= 0.3 is 0 Å². The van der Waals surface area contributed by atoms with Crippen LogP contribution in [-0.4, -0.2) is 31.6 Å². The molecule has 1 aromatic rings. The van der Waals surface area contributed by atoms with Crippen molar-refractivity contribution in [2.75, 3.05) is 19.8 Å². The predicted octanol–water partition coefficient (Wildman–Crippen LogP) is 1.17. The van der Waals surface area contributed by atoms with E-state index < -0.39 is 5.91 Å². The number of rotatable bonds is 7. The van der Waals surface area contributed by atoms with Crippen molar-refractivity contribution in [2.24, 2.45) is 11.7 Å². The van der Waals surface area contributed by atoms with Gasteiger partial charge in [-0.25, -0.2) is 0 Å². The second-order valence-corrected chi connectivity index (χ2v) is 5.73. The van der Waals surface area contributed by atoms with E-state index in [-0.39, 0.29) is 18.4 Å². The average Bonchev–Trinajstić information content (AvgIpc) is 3.19. The minimum atomic E-state index is -0.506. The summed E-state index contributed by atoms with van der Waals surface area (Å²) < 4.78 is 6.01. The lowest BCUT2D eigenvalue weighted by atomic mass is 10.1. The second kappa shape index (κ2) is 6.85. The van der Waals surface area contributed by atoms with Crippen LogP contribution in [0.5, 0.6) is 0 Å². The number of ether oxygens (including phenoxy) is 1. The van der Waals surface area contributed by atoms with E-state index >= 15 is 0 Å². The molecule has 0 saturated heterocycles. The Morgan fingerprint density at radius 3 is 2.70 bits per heavy atom. The monoisotopic (exact) mass is 340 g/mol. The van der Waals surface area contributed by atoms with Gasteiger partial charge in [0.1, 0.15) is 6.61 Å². The Morgan fingerprint density at radius 1 is 1.35 bits per heavy atom. The van der Waals surface area contributed by atoms with Crippen LogP contribution in [0.2, 0.25) is 0 Å². The van der Waals surface area contributed by atoms with E-state index in [0.717, 1.165) is 10.9 Å². The molecule has 1 fully saturated rings. The van der Waals surface area contributed by atoms with E-state index in [1.165, 1.54) is 5.56 Å². The molecule has 0 aliphatic heterocycles. The van der Waals surface area contributed by atoms with Gasteiger partial charge in [-0.05, 0) is 30.0 Å². The number of nitrogens with one attached hydrogen (secondary N) is 1. The molecule has 2 amide bonds. The third-order valence-electron chi connectivity index (χ3n) is 3.22. The van der Waals surface area contributed by atoms with Gasteiger partial charge in [0, 0.05) is 16.9 Å². The maximum Gasteiger partial charge on any atom is 0.243 e. The van der Waals surface area contributed by atoms with Crippen LogP contribution in [0.4, 0.5) is 0 Å². The van der Waals surface area contributed by atoms with Crippen molar-refractivity contribution in [3.05, 3.63) is 34.3 Å². The van der Waals surface area contributed by atoms with Crippen LogP contribution in [0.1, 0.15) is 17.9 Å². The fourth-order valence-corrected chi connectivity index (χ4v) is 2.38. The first-order valence-electron chi connectivity index (χ1n) is 6.47. The molecule has 0 bridgehead atoms. The number of amides is 2. The average molecular weight is 341 g/mol. The number of hydrogen-bond donors (Lipinski definition) is 2. The summed E-state index contributed by atoms with van der Waals surface area (Å²) in [4.78, 5) is 22.3. The fourth-order valence-electron chi connectivity index (χ4n) is 2.11. The van der Waals surface area contributed by atoms with Crippen molar-refractivity contribution in [1.82, 2.24) is 5.32 Å². The zero-order valence-electron chi connectivity index (χ0n) is 11.0. The molecular formula is C14H17BrN2O3. The molecule has 0 spiro atoms. The largest absolute Gasteiger partial charge is 0.370 e. The molecule has 0 aromatic heterocycles. The SMILES string of the molecule is NC(=O)COCCNC(=O)[C@H]1C[C@H]1c1ccc(Br)cc1. The Hall–Kier alpha value is -1.40. The van der Waals surface area contributed by atoms with Crippen LogP contribution in [-0.2, 0) is 14.3 Å². The molecule has 0 radical (unpaired) electrons. The van der Waals surface area contributed by atoms with Crippen LogP contribution in [0.3, 0.4) is 0 Å². The topological polar surface area (TPSA) is 81.4 Å². The summed E-state index contributed by atoms with van der Waals surface area (Å²) in [5.74, 6) is -0.101. The summed E-state index contributed by atoms with van der Waals surface area (Å²) in [5.41, 5.74) is 6.12. The highest BCUT2D eigenvalue weighted by Crippen LogP contribution is 2.47. The summed E-state index contributed by atoms with van der Waals surface area (Å²) in [6.07, 6.45) is 0.885. The summed E-state index contributed by atoms with van der Waals surface area (Å²) in [5, 5.41) is 2.80. The van der Waals surface area contributed by atoms with Gasteiger partial charge < -0.3 is 15.8 Å². The maximum absolute atomic E-state index is 11.9. The first-order chi connectivity index (χ1) is 9.58. The highest BCUT2D eigenvalue weighted by molar-refractivity contribution is 9.10. The Morgan fingerprint density at radius 2 is 2.05 bits per heavy atom. The van der Waals surface area contributed by atoms with Gasteiger partial charge in [0.15, 0.2) is 0 Å². The van der Waals surface area contributed by atoms with Gasteiger partial charge in [-0.1, -0.05) is 28.1 Å². The van der Waals surface area contributed by atoms with Gasteiger partial charge in [-0.3, -0.25) is 9.59 Å². The first-order valence-corrected chi connectivity index (χ1v) is 7.26. The van der Waals surface area contributed by atoms with Crippen LogP contribution < -0.4 is 11.1 Å². The van der Waals surface area contributed by atoms with Crippen molar-refractivity contribution < 1.29 is 14.3 Å². The lowest BCUT2D eigenvalue weighted by Gasteiger charge is -2.05. The summed E-state index contributed by atoms with van der Waals surface area (Å²) in [6, 6.07) is 8.05. The van der Waals surface area contributed by atoms with E-state index in [9.17, 15) is 9.59 Å². The summed E-state index contributed by atoms with van der Waals surface area (Å²) in [7, 11) is 0. The molecule has 1 aliphatic carbocycles. The number of nitrogens with two attached hydrogens (primary N) is 1. The predicted molar refractivity (Wildman–Crippen MR) is 78.0 cm³/mol. The molecule has 1 aliphatic rings. The fraction of sp³-hybridized carbons (Fsp3) is 0.429. The Kier molecular flexibility index (Phi) is 5.14. The van der Waals surface area contributed by atoms with Crippen molar-refractivity contribution in [3.8, 4) is 0 Å². The zero-order chi connectivity index (χ0) is 14.5. The molecule has 6 heteroatoms. The maximum atomic E-state index is 11.9. The zero-order valence-corrected chi connectivity index (χ0v) is 12.6. The second-order valence-electron chi connectivity index (χ2n) is 4.81. The highest BCUT2D eigenvalue weighted by atomic mass is 79.9. The third kappa shape index (κ3) is 4.31. The molecule has 1 aromatic carbocycles. The van der Waals surface area contributed by atoms with Gasteiger partial charge in [0.25, 0.3) is 0 Å². The molecule has 0 unspecified atom stereocenters. The quantitative estimate of drug-likeness (QED) is 0.731. The normalized spacial score (nSPS) is 20.4. The molecule has 108 valence electrons. The first kappa shape index (κ1) is 15.0. The molecule has 3 N–H and O–H groups in total. The van der Waals surface area contributed by atoms with Crippen molar-refractivity contribution in [2.45, 2.75) is 12.3 Å². The third-order valence-corrected chi connectivity index (χ3v) is 3.74. The number of halogens is 1. The van der Waals surface area contributed by atoms with E-state index in [2.05, 4.69) is 21.2 Å². The van der Waals surface area contributed by atoms with Crippen LogP contribution in [0, 0.1) is 5.92 Å². The van der Waals surface area contributed by atoms with E-state index in [1.54, 1.807) is 0 Å². The van der Waals surface area contributed by atoms with E-state index in [0.29, 0.717) is 19.1 Å². The molecular weight excluding hydrogens is 324 g/mol. The number of benzene rings is 1. The Bertz CT molecular complexity index is 490.